The second-order valence-corrected chi connectivity index (χ2v) is 7.99. The molecule has 1 unspecified atom stereocenters. The summed E-state index contributed by atoms with van der Waals surface area (Å²) in [4.78, 5) is 7.28. The SMILES string of the molecule is C1=NC1CC[n+]1ccccc1.Cc1nnc(S(=O)(=O)F)[n-]1.[Cl][Pd][Cl]. The van der Waals surface area contributed by atoms with Gasteiger partial charge >= 0.3 is 45.2 Å². The van der Waals surface area contributed by atoms with Crippen LogP contribution < -0.4 is 9.55 Å². The molecule has 24 heavy (non-hydrogen) atoms. The number of halogens is 3. The number of nitrogens with zero attached hydrogens (tertiary/aromatic N) is 5. The molecule has 2 aromatic rings. The van der Waals surface area contributed by atoms with E-state index in [4.69, 9.17) is 19.1 Å². The molecule has 3 heterocycles. The van der Waals surface area contributed by atoms with Crippen LogP contribution in [0.25, 0.3) is 0 Å². The molecule has 1 aliphatic heterocycles. The van der Waals surface area contributed by atoms with Crippen LogP contribution >= 0.6 is 19.1 Å². The van der Waals surface area contributed by atoms with Crippen LogP contribution in [0.2, 0.25) is 0 Å². The Morgan fingerprint density at radius 3 is 2.25 bits per heavy atom. The summed E-state index contributed by atoms with van der Waals surface area (Å²) < 4.78 is 34.2. The molecule has 0 fully saturated rings. The van der Waals surface area contributed by atoms with Crippen LogP contribution in [0.3, 0.4) is 0 Å². The summed E-state index contributed by atoms with van der Waals surface area (Å²) in [5, 5.41) is 5.30. The third-order valence-electron chi connectivity index (χ3n) is 2.58. The van der Waals surface area contributed by atoms with Gasteiger partial charge in [0.1, 0.15) is 5.16 Å². The predicted molar refractivity (Wildman–Crippen MR) is 83.6 cm³/mol. The third-order valence-corrected chi connectivity index (χ3v) is 3.19. The average Bonchev–Trinajstić information content (AvgIpc) is 3.26. The molecule has 0 bridgehead atoms. The van der Waals surface area contributed by atoms with Gasteiger partial charge in [-0.2, -0.15) is 8.42 Å². The van der Waals surface area contributed by atoms with E-state index in [1.807, 2.05) is 24.4 Å². The topological polar surface area (TPSA) is 90.3 Å². The molecule has 0 radical (unpaired) electrons. The van der Waals surface area contributed by atoms with Gasteiger partial charge in [0.15, 0.2) is 18.9 Å². The molecule has 7 nitrogen and oxygen atoms in total. The van der Waals surface area contributed by atoms with E-state index < -0.39 is 15.4 Å². The first-order valence-corrected chi connectivity index (χ1v) is 11.8. The van der Waals surface area contributed by atoms with Crippen molar-refractivity contribution in [3.8, 4) is 0 Å². The van der Waals surface area contributed by atoms with Gasteiger partial charge in [-0.1, -0.05) is 9.95 Å². The molecule has 0 amide bonds. The number of aromatic nitrogens is 4. The van der Waals surface area contributed by atoms with Crippen molar-refractivity contribution in [2.75, 3.05) is 0 Å². The van der Waals surface area contributed by atoms with Gasteiger partial charge < -0.3 is 15.2 Å². The molecule has 3 rings (SSSR count). The van der Waals surface area contributed by atoms with Crippen LogP contribution in [-0.2, 0) is 32.7 Å². The van der Waals surface area contributed by atoms with Crippen LogP contribution in [0, 0.1) is 6.92 Å². The Bertz CT molecular complexity index is 739. The molecule has 12 heteroatoms. The van der Waals surface area contributed by atoms with Crippen molar-refractivity contribution in [2.45, 2.75) is 31.1 Å². The summed E-state index contributed by atoms with van der Waals surface area (Å²) in [6.07, 6.45) is 7.32. The molecule has 2 aromatic heterocycles. The van der Waals surface area contributed by atoms with Crippen LogP contribution in [-0.4, -0.2) is 30.9 Å². The average molecular weight is 489 g/mol. The van der Waals surface area contributed by atoms with E-state index in [9.17, 15) is 12.3 Å². The van der Waals surface area contributed by atoms with E-state index in [-0.39, 0.29) is 21.8 Å². The molecular formula is C12H14Cl2FN5O2PdS. The zero-order valence-corrected chi connectivity index (χ0v) is 16.2. The number of rotatable bonds is 4. The molecule has 136 valence electrons. The summed E-state index contributed by atoms with van der Waals surface area (Å²) in [6, 6.07) is 6.67. The maximum absolute atomic E-state index is 11.9. The maximum atomic E-state index is 11.9. The Balaban J connectivity index is 0.000000208. The van der Waals surface area contributed by atoms with E-state index >= 15 is 0 Å². The molecule has 0 saturated carbocycles. The van der Waals surface area contributed by atoms with Gasteiger partial charge in [0.25, 0.3) is 0 Å². The molecule has 0 aliphatic carbocycles. The minimum atomic E-state index is -4.77. The quantitative estimate of drug-likeness (QED) is 0.370. The van der Waals surface area contributed by atoms with Gasteiger partial charge in [0.2, 0.25) is 0 Å². The Labute approximate surface area is 155 Å². The summed E-state index contributed by atoms with van der Waals surface area (Å²) >= 11 is -0.106. The summed E-state index contributed by atoms with van der Waals surface area (Å²) in [6.45, 7) is 2.49. The number of hydrogen-bond donors (Lipinski definition) is 0. The molecule has 0 saturated heterocycles. The zero-order valence-electron chi connectivity index (χ0n) is 12.4. The normalized spacial score (nSPS) is 15.1. The van der Waals surface area contributed by atoms with Crippen molar-refractivity contribution in [3.63, 3.8) is 0 Å². The zero-order chi connectivity index (χ0) is 18.0. The van der Waals surface area contributed by atoms with Gasteiger partial charge in [-0.25, -0.2) is 4.57 Å². The van der Waals surface area contributed by atoms with Crippen molar-refractivity contribution >= 4 is 35.5 Å². The number of aliphatic imine (C=N–C) groups is 1. The minimum absolute atomic E-state index is 0.106. The molecular weight excluding hydrogens is 475 g/mol. The number of aryl methyl sites for hydroxylation is 2. The Kier molecular flexibility index (Phi) is 9.55. The molecule has 0 N–H and O–H groups in total. The van der Waals surface area contributed by atoms with Crippen molar-refractivity contribution in [1.82, 2.24) is 15.2 Å². The van der Waals surface area contributed by atoms with Crippen molar-refractivity contribution < 1.29 is 32.8 Å². The Morgan fingerprint density at radius 1 is 1.29 bits per heavy atom. The summed E-state index contributed by atoms with van der Waals surface area (Å²) in [5.74, 6) is 0.135. The van der Waals surface area contributed by atoms with Crippen molar-refractivity contribution in [1.29, 1.82) is 0 Å². The first kappa shape index (κ1) is 21.1. The van der Waals surface area contributed by atoms with Crippen LogP contribution in [0.15, 0.2) is 40.7 Å². The van der Waals surface area contributed by atoms with Gasteiger partial charge in [-0.15, -0.1) is 0 Å². The fraction of sp³-hybridized carbons (Fsp3) is 0.333. The van der Waals surface area contributed by atoms with Crippen LogP contribution in [0.4, 0.5) is 3.89 Å². The molecule has 1 aliphatic rings. The molecule has 1 atom stereocenters. The van der Waals surface area contributed by atoms with E-state index in [2.05, 4.69) is 37.1 Å². The van der Waals surface area contributed by atoms with E-state index in [0.717, 1.165) is 13.0 Å². The van der Waals surface area contributed by atoms with Gasteiger partial charge in [0.05, 0.1) is 6.04 Å². The monoisotopic (exact) mass is 487 g/mol. The Hall–Kier alpha value is -0.918. The fourth-order valence-electron chi connectivity index (χ4n) is 1.48. The van der Waals surface area contributed by atoms with Gasteiger partial charge in [0, 0.05) is 24.8 Å². The molecule has 0 aromatic carbocycles. The second-order valence-electron chi connectivity index (χ2n) is 4.39. The van der Waals surface area contributed by atoms with Gasteiger partial charge in [-0.3, -0.25) is 4.99 Å². The second kappa shape index (κ2) is 10.8. The van der Waals surface area contributed by atoms with E-state index in [0.29, 0.717) is 6.04 Å². The van der Waals surface area contributed by atoms with Crippen LogP contribution in [0.1, 0.15) is 12.2 Å². The predicted octanol–water partition coefficient (Wildman–Crippen LogP) is 1.59. The number of pyridine rings is 1. The van der Waals surface area contributed by atoms with Crippen molar-refractivity contribution in [2.24, 2.45) is 4.99 Å². The third kappa shape index (κ3) is 9.40. The van der Waals surface area contributed by atoms with Crippen LogP contribution in [0.5, 0.6) is 0 Å². The Morgan fingerprint density at radius 2 is 1.88 bits per heavy atom. The standard InChI is InChI=1S/C9H11N2.C3H3FN3O2S.2ClH.Pd/c1-2-5-11(6-3-1)7-4-9-8-10-9;1-2-5-3(7-6-2)10(4,8)9;;;/h1-3,5-6,8-9H,4,7H2;1H3;2*1H;/q+1;-1;;;+2/p-2. The first-order chi connectivity index (χ1) is 11.4. The van der Waals surface area contributed by atoms with Crippen molar-refractivity contribution in [3.05, 3.63) is 36.4 Å². The van der Waals surface area contributed by atoms with E-state index in [1.165, 1.54) is 6.92 Å². The fourth-order valence-corrected chi connectivity index (χ4v) is 1.86. The molecule has 0 spiro atoms. The van der Waals surface area contributed by atoms with Gasteiger partial charge in [-0.05, 0) is 12.7 Å². The first-order valence-electron chi connectivity index (χ1n) is 6.45. The summed E-state index contributed by atoms with van der Waals surface area (Å²) in [5.41, 5.74) is 0. The van der Waals surface area contributed by atoms with E-state index in [1.54, 1.807) is 0 Å². The number of hydrogen-bond acceptors (Lipinski definition) is 5. The summed E-state index contributed by atoms with van der Waals surface area (Å²) in [7, 11) is 4.86.